The van der Waals surface area contributed by atoms with Crippen LogP contribution in [0.5, 0.6) is 0 Å². The standard InChI is InChI=1S/C17H19ClIN/c1-2-3-9-16(13-7-5-4-6-8-13)20-17-11-10-14(19)12-15(17)18/h4-8,10-12,16,20H,2-3,9H2,1H3. The monoisotopic (exact) mass is 399 g/mol. The Morgan fingerprint density at radius 2 is 1.90 bits per heavy atom. The summed E-state index contributed by atoms with van der Waals surface area (Å²) in [6.45, 7) is 2.22. The molecule has 0 fully saturated rings. The summed E-state index contributed by atoms with van der Waals surface area (Å²) in [5.41, 5.74) is 2.33. The molecule has 1 nitrogen and oxygen atoms in total. The van der Waals surface area contributed by atoms with E-state index in [4.69, 9.17) is 11.6 Å². The smallest absolute Gasteiger partial charge is 0.0648 e. The second-order valence-corrected chi connectivity index (χ2v) is 6.53. The molecule has 1 unspecified atom stereocenters. The summed E-state index contributed by atoms with van der Waals surface area (Å²) in [5, 5.41) is 4.38. The predicted molar refractivity (Wildman–Crippen MR) is 96.5 cm³/mol. The Balaban J connectivity index is 2.19. The van der Waals surface area contributed by atoms with Crippen molar-refractivity contribution in [3.63, 3.8) is 0 Å². The third kappa shape index (κ3) is 4.38. The minimum atomic E-state index is 0.314. The summed E-state index contributed by atoms with van der Waals surface area (Å²) in [5.74, 6) is 0. The van der Waals surface area contributed by atoms with Crippen molar-refractivity contribution in [2.45, 2.75) is 32.2 Å². The summed E-state index contributed by atoms with van der Waals surface area (Å²) in [4.78, 5) is 0. The second kappa shape index (κ2) is 7.89. The van der Waals surface area contributed by atoms with Crippen LogP contribution in [-0.4, -0.2) is 0 Å². The topological polar surface area (TPSA) is 12.0 Å². The molecule has 2 rings (SSSR count). The first-order chi connectivity index (χ1) is 9.70. The highest BCUT2D eigenvalue weighted by Gasteiger charge is 2.12. The van der Waals surface area contributed by atoms with Crippen LogP contribution in [0.1, 0.15) is 37.8 Å². The number of nitrogens with one attached hydrogen (secondary N) is 1. The third-order valence-electron chi connectivity index (χ3n) is 3.31. The van der Waals surface area contributed by atoms with E-state index in [1.54, 1.807) is 0 Å². The molecule has 0 saturated heterocycles. The first-order valence-electron chi connectivity index (χ1n) is 6.97. The maximum absolute atomic E-state index is 6.33. The van der Waals surface area contributed by atoms with Crippen molar-refractivity contribution in [2.24, 2.45) is 0 Å². The third-order valence-corrected chi connectivity index (χ3v) is 4.29. The Morgan fingerprint density at radius 3 is 2.55 bits per heavy atom. The predicted octanol–water partition coefficient (Wildman–Crippen LogP) is 6.29. The molecule has 0 aliphatic carbocycles. The summed E-state index contributed by atoms with van der Waals surface area (Å²) in [6.07, 6.45) is 3.52. The summed E-state index contributed by atoms with van der Waals surface area (Å²) in [7, 11) is 0. The molecule has 0 radical (unpaired) electrons. The average molecular weight is 400 g/mol. The lowest BCUT2D eigenvalue weighted by atomic mass is 10.0. The second-order valence-electron chi connectivity index (χ2n) is 4.87. The molecule has 2 aromatic rings. The zero-order valence-corrected chi connectivity index (χ0v) is 14.5. The van der Waals surface area contributed by atoms with Crippen LogP contribution in [0.4, 0.5) is 5.69 Å². The zero-order chi connectivity index (χ0) is 14.4. The highest BCUT2D eigenvalue weighted by Crippen LogP contribution is 2.30. The molecule has 20 heavy (non-hydrogen) atoms. The van der Waals surface area contributed by atoms with E-state index in [-0.39, 0.29) is 0 Å². The van der Waals surface area contributed by atoms with E-state index < -0.39 is 0 Å². The number of rotatable bonds is 6. The van der Waals surface area contributed by atoms with Gasteiger partial charge in [0.25, 0.3) is 0 Å². The van der Waals surface area contributed by atoms with Gasteiger partial charge in [0.05, 0.1) is 16.8 Å². The van der Waals surface area contributed by atoms with Crippen molar-refractivity contribution in [1.82, 2.24) is 0 Å². The molecule has 0 spiro atoms. The minimum absolute atomic E-state index is 0.314. The number of halogens is 2. The van der Waals surface area contributed by atoms with Gasteiger partial charge in [-0.05, 0) is 52.8 Å². The van der Waals surface area contributed by atoms with Crippen molar-refractivity contribution < 1.29 is 0 Å². The molecule has 1 N–H and O–H groups in total. The number of anilines is 1. The molecule has 0 aliphatic rings. The molecule has 0 amide bonds. The Labute approximate surface area is 139 Å². The molecular formula is C17H19ClIN. The van der Waals surface area contributed by atoms with Gasteiger partial charge in [0.1, 0.15) is 0 Å². The zero-order valence-electron chi connectivity index (χ0n) is 11.6. The van der Waals surface area contributed by atoms with Crippen molar-refractivity contribution in [3.8, 4) is 0 Å². The Morgan fingerprint density at radius 1 is 1.15 bits per heavy atom. The van der Waals surface area contributed by atoms with Crippen LogP contribution in [0.15, 0.2) is 48.5 Å². The molecule has 0 bridgehead atoms. The number of hydrogen-bond donors (Lipinski definition) is 1. The van der Waals surface area contributed by atoms with E-state index in [1.807, 2.05) is 6.07 Å². The van der Waals surface area contributed by atoms with Gasteiger partial charge < -0.3 is 5.32 Å². The lowest BCUT2D eigenvalue weighted by molar-refractivity contribution is 0.634. The van der Waals surface area contributed by atoms with E-state index in [2.05, 4.69) is 77.3 Å². The van der Waals surface area contributed by atoms with Gasteiger partial charge in [-0.1, -0.05) is 61.7 Å². The lowest BCUT2D eigenvalue weighted by Crippen LogP contribution is -2.11. The molecule has 0 aliphatic heterocycles. The van der Waals surface area contributed by atoms with Crippen LogP contribution < -0.4 is 5.32 Å². The summed E-state index contributed by atoms with van der Waals surface area (Å²) < 4.78 is 1.16. The van der Waals surface area contributed by atoms with Gasteiger partial charge in [0.2, 0.25) is 0 Å². The van der Waals surface area contributed by atoms with Gasteiger partial charge in [-0.15, -0.1) is 0 Å². The molecule has 106 valence electrons. The molecule has 2 aromatic carbocycles. The van der Waals surface area contributed by atoms with Gasteiger partial charge in [-0.2, -0.15) is 0 Å². The first kappa shape index (κ1) is 15.6. The Bertz CT molecular complexity index is 542. The summed E-state index contributed by atoms with van der Waals surface area (Å²) >= 11 is 8.61. The van der Waals surface area contributed by atoms with Gasteiger partial charge in [0, 0.05) is 3.57 Å². The van der Waals surface area contributed by atoms with Crippen molar-refractivity contribution in [3.05, 3.63) is 62.7 Å². The number of benzene rings is 2. The highest BCUT2D eigenvalue weighted by molar-refractivity contribution is 14.1. The van der Waals surface area contributed by atoms with Gasteiger partial charge >= 0.3 is 0 Å². The van der Waals surface area contributed by atoms with E-state index in [9.17, 15) is 0 Å². The fourth-order valence-corrected chi connectivity index (χ4v) is 3.12. The molecule has 3 heteroatoms. The maximum Gasteiger partial charge on any atom is 0.0648 e. The van der Waals surface area contributed by atoms with Gasteiger partial charge in [-0.25, -0.2) is 0 Å². The first-order valence-corrected chi connectivity index (χ1v) is 8.43. The Kier molecular flexibility index (Phi) is 6.17. The molecule has 0 saturated carbocycles. The van der Waals surface area contributed by atoms with Gasteiger partial charge in [-0.3, -0.25) is 0 Å². The molecule has 0 heterocycles. The quantitative estimate of drug-likeness (QED) is 0.563. The molecule has 1 atom stereocenters. The van der Waals surface area contributed by atoms with Crippen LogP contribution in [0.2, 0.25) is 5.02 Å². The van der Waals surface area contributed by atoms with Crippen molar-refractivity contribution in [2.75, 3.05) is 5.32 Å². The lowest BCUT2D eigenvalue weighted by Gasteiger charge is -2.21. The average Bonchev–Trinajstić information content (AvgIpc) is 2.46. The Hall–Kier alpha value is -0.740. The fraction of sp³-hybridized carbons (Fsp3) is 0.294. The largest absolute Gasteiger partial charge is 0.377 e. The fourth-order valence-electron chi connectivity index (χ4n) is 2.21. The normalized spacial score (nSPS) is 12.2. The SMILES string of the molecule is CCCCC(Nc1ccc(I)cc1Cl)c1ccccc1. The van der Waals surface area contributed by atoms with E-state index in [0.717, 1.165) is 20.7 Å². The van der Waals surface area contributed by atoms with Crippen LogP contribution in [0.25, 0.3) is 0 Å². The van der Waals surface area contributed by atoms with Crippen LogP contribution in [0, 0.1) is 3.57 Å². The maximum atomic E-state index is 6.33. The van der Waals surface area contributed by atoms with E-state index >= 15 is 0 Å². The summed E-state index contributed by atoms with van der Waals surface area (Å²) in [6, 6.07) is 17.0. The van der Waals surface area contributed by atoms with Crippen molar-refractivity contribution in [1.29, 1.82) is 0 Å². The van der Waals surface area contributed by atoms with Crippen LogP contribution >= 0.6 is 34.2 Å². The van der Waals surface area contributed by atoms with E-state index in [0.29, 0.717) is 6.04 Å². The highest BCUT2D eigenvalue weighted by atomic mass is 127. The van der Waals surface area contributed by atoms with Crippen LogP contribution in [-0.2, 0) is 0 Å². The van der Waals surface area contributed by atoms with Crippen molar-refractivity contribution >= 4 is 39.9 Å². The van der Waals surface area contributed by atoms with Gasteiger partial charge in [0.15, 0.2) is 0 Å². The van der Waals surface area contributed by atoms with E-state index in [1.165, 1.54) is 18.4 Å². The minimum Gasteiger partial charge on any atom is -0.377 e. The molecule has 0 aromatic heterocycles. The number of unbranched alkanes of at least 4 members (excludes halogenated alkanes) is 1. The van der Waals surface area contributed by atoms with Crippen LogP contribution in [0.3, 0.4) is 0 Å². The number of hydrogen-bond acceptors (Lipinski definition) is 1. The molecular weight excluding hydrogens is 381 g/mol.